The summed E-state index contributed by atoms with van der Waals surface area (Å²) in [5.41, 5.74) is 0.727. The number of amides is 2. The maximum absolute atomic E-state index is 14.9. The van der Waals surface area contributed by atoms with E-state index in [2.05, 4.69) is 34.4 Å². The molecule has 1 aromatic carbocycles. The van der Waals surface area contributed by atoms with Crippen molar-refractivity contribution in [2.75, 3.05) is 20.1 Å². The van der Waals surface area contributed by atoms with Gasteiger partial charge in [-0.3, -0.25) is 14.5 Å². The van der Waals surface area contributed by atoms with E-state index in [1.165, 1.54) is 6.07 Å². The molecule has 0 bridgehead atoms. The molecule has 1 aliphatic rings. The van der Waals surface area contributed by atoms with Crippen molar-refractivity contribution < 1.29 is 14.0 Å². The highest BCUT2D eigenvalue weighted by Gasteiger charge is 2.35. The number of nitrogens with zero attached hydrogens (tertiary/aromatic N) is 3. The van der Waals surface area contributed by atoms with Gasteiger partial charge in [-0.25, -0.2) is 9.37 Å². The van der Waals surface area contributed by atoms with Crippen molar-refractivity contribution in [1.82, 2.24) is 25.1 Å². The van der Waals surface area contributed by atoms with Gasteiger partial charge in [0.05, 0.1) is 11.3 Å². The molecule has 2 amide bonds. The van der Waals surface area contributed by atoms with Crippen LogP contribution >= 0.6 is 11.6 Å². The van der Waals surface area contributed by atoms with Crippen molar-refractivity contribution in [3.05, 3.63) is 40.4 Å². The number of imidazole rings is 1. The summed E-state index contributed by atoms with van der Waals surface area (Å²) in [5.74, 6) is -0.365. The summed E-state index contributed by atoms with van der Waals surface area (Å²) < 4.78 is 16.8. The molecule has 0 radical (unpaired) electrons. The van der Waals surface area contributed by atoms with E-state index in [1.54, 1.807) is 19.2 Å². The zero-order valence-electron chi connectivity index (χ0n) is 20.8. The van der Waals surface area contributed by atoms with Crippen LogP contribution in [-0.2, 0) is 17.9 Å². The van der Waals surface area contributed by atoms with Gasteiger partial charge in [-0.15, -0.1) is 0 Å². The summed E-state index contributed by atoms with van der Waals surface area (Å²) in [6.45, 7) is 12.8. The fourth-order valence-electron chi connectivity index (χ4n) is 4.38. The van der Waals surface area contributed by atoms with Gasteiger partial charge < -0.3 is 15.2 Å². The standard InChI is InChI=1S/C25H35ClFN5O2/c1-15(2)13-31-10-7-11-32-19(14-31)20(23(33)30-21(24(34)28-6)25(3,4)5)29-22(32)17-9-8-16(26)12-18(17)27/h8-9,12,15,21H,7,10-11,13-14H2,1-6H3,(H,28,34)(H,30,33). The Labute approximate surface area is 206 Å². The van der Waals surface area contributed by atoms with Crippen LogP contribution in [0.4, 0.5) is 4.39 Å². The second-order valence-corrected chi connectivity index (χ2v) is 10.8. The molecule has 1 aliphatic heterocycles. The number of likely N-dealkylation sites (N-methyl/N-ethyl adjacent to an activating group) is 1. The van der Waals surface area contributed by atoms with Crippen molar-refractivity contribution in [2.24, 2.45) is 11.3 Å². The largest absolute Gasteiger partial charge is 0.357 e. The molecule has 2 aromatic rings. The van der Waals surface area contributed by atoms with Crippen LogP contribution in [0.1, 0.15) is 57.2 Å². The third-order valence-electron chi connectivity index (χ3n) is 5.96. The van der Waals surface area contributed by atoms with Crippen molar-refractivity contribution in [3.8, 4) is 11.4 Å². The molecule has 1 aromatic heterocycles. The molecule has 1 unspecified atom stereocenters. The highest BCUT2D eigenvalue weighted by atomic mass is 35.5. The third kappa shape index (κ3) is 5.78. The van der Waals surface area contributed by atoms with E-state index in [4.69, 9.17) is 11.6 Å². The van der Waals surface area contributed by atoms with Crippen LogP contribution in [-0.4, -0.2) is 52.4 Å². The van der Waals surface area contributed by atoms with E-state index in [0.29, 0.717) is 35.4 Å². The van der Waals surface area contributed by atoms with Gasteiger partial charge in [0.25, 0.3) is 5.91 Å². The topological polar surface area (TPSA) is 79.3 Å². The summed E-state index contributed by atoms with van der Waals surface area (Å²) >= 11 is 5.96. The summed E-state index contributed by atoms with van der Waals surface area (Å²) in [4.78, 5) is 33.0. The van der Waals surface area contributed by atoms with Crippen LogP contribution < -0.4 is 10.6 Å². The fourth-order valence-corrected chi connectivity index (χ4v) is 4.54. The average Bonchev–Trinajstić information content (AvgIpc) is 2.95. The van der Waals surface area contributed by atoms with Crippen molar-refractivity contribution >= 4 is 23.4 Å². The van der Waals surface area contributed by atoms with Crippen molar-refractivity contribution in [3.63, 3.8) is 0 Å². The van der Waals surface area contributed by atoms with Crippen LogP contribution in [0.2, 0.25) is 5.02 Å². The summed E-state index contributed by atoms with van der Waals surface area (Å²) in [6, 6.07) is 3.70. The molecule has 2 heterocycles. The van der Waals surface area contributed by atoms with Gasteiger partial charge in [-0.05, 0) is 36.0 Å². The van der Waals surface area contributed by atoms with E-state index in [1.807, 2.05) is 25.3 Å². The molecular weight excluding hydrogens is 457 g/mol. The number of rotatable bonds is 6. The number of halogens is 2. The molecule has 2 N–H and O–H groups in total. The Balaban J connectivity index is 2.09. The van der Waals surface area contributed by atoms with Gasteiger partial charge in [-0.2, -0.15) is 0 Å². The number of carbonyl (C=O) groups excluding carboxylic acids is 2. The van der Waals surface area contributed by atoms with Crippen LogP contribution in [0.25, 0.3) is 11.4 Å². The molecular formula is C25H35ClFN5O2. The summed E-state index contributed by atoms with van der Waals surface area (Å²) in [6.07, 6.45) is 0.849. The van der Waals surface area contributed by atoms with E-state index in [0.717, 1.165) is 25.2 Å². The third-order valence-corrected chi connectivity index (χ3v) is 6.20. The van der Waals surface area contributed by atoms with Crippen LogP contribution in [0.3, 0.4) is 0 Å². The second-order valence-electron chi connectivity index (χ2n) is 10.4. The number of nitrogens with one attached hydrogen (secondary N) is 2. The molecule has 0 saturated heterocycles. The lowest BCUT2D eigenvalue weighted by Gasteiger charge is -2.29. The monoisotopic (exact) mass is 491 g/mol. The predicted octanol–water partition coefficient (Wildman–Crippen LogP) is 4.09. The molecule has 0 spiro atoms. The Morgan fingerprint density at radius 3 is 2.53 bits per heavy atom. The zero-order chi connectivity index (χ0) is 25.2. The first-order valence-corrected chi connectivity index (χ1v) is 12.1. The van der Waals surface area contributed by atoms with Crippen LogP contribution in [0.15, 0.2) is 18.2 Å². The second kappa shape index (κ2) is 10.4. The van der Waals surface area contributed by atoms with Gasteiger partial charge in [0.2, 0.25) is 5.91 Å². The average molecular weight is 492 g/mol. The Morgan fingerprint density at radius 1 is 1.24 bits per heavy atom. The summed E-state index contributed by atoms with van der Waals surface area (Å²) in [5, 5.41) is 5.80. The molecule has 9 heteroatoms. The Bertz CT molecular complexity index is 1060. The van der Waals surface area contributed by atoms with Crippen molar-refractivity contribution in [1.29, 1.82) is 0 Å². The maximum atomic E-state index is 14.9. The number of benzene rings is 1. The lowest BCUT2D eigenvalue weighted by Crippen LogP contribution is -2.53. The smallest absolute Gasteiger partial charge is 0.272 e. The number of hydrogen-bond acceptors (Lipinski definition) is 4. The Hall–Kier alpha value is -2.45. The lowest BCUT2D eigenvalue weighted by molar-refractivity contribution is -0.124. The quantitative estimate of drug-likeness (QED) is 0.637. The van der Waals surface area contributed by atoms with Gasteiger partial charge in [0, 0.05) is 38.2 Å². The van der Waals surface area contributed by atoms with E-state index < -0.39 is 23.2 Å². The first-order valence-electron chi connectivity index (χ1n) is 11.7. The van der Waals surface area contributed by atoms with E-state index in [9.17, 15) is 14.0 Å². The highest BCUT2D eigenvalue weighted by Crippen LogP contribution is 2.30. The Morgan fingerprint density at radius 2 is 1.94 bits per heavy atom. The SMILES string of the molecule is CNC(=O)C(NC(=O)c1nc(-c2ccc(Cl)cc2F)n2c1CN(CC(C)C)CCC2)C(C)(C)C. The van der Waals surface area contributed by atoms with Gasteiger partial charge >= 0.3 is 0 Å². The predicted molar refractivity (Wildman–Crippen MR) is 132 cm³/mol. The van der Waals surface area contributed by atoms with Crippen molar-refractivity contribution in [2.45, 2.75) is 60.2 Å². The number of hydrogen-bond donors (Lipinski definition) is 2. The highest BCUT2D eigenvalue weighted by molar-refractivity contribution is 6.30. The minimum Gasteiger partial charge on any atom is -0.357 e. The number of aromatic nitrogens is 2. The zero-order valence-corrected chi connectivity index (χ0v) is 21.6. The molecule has 34 heavy (non-hydrogen) atoms. The molecule has 0 aliphatic carbocycles. The number of carbonyl (C=O) groups is 2. The molecule has 0 saturated carbocycles. The normalized spacial score (nSPS) is 15.6. The lowest BCUT2D eigenvalue weighted by atomic mass is 9.86. The van der Waals surface area contributed by atoms with E-state index >= 15 is 0 Å². The minimum absolute atomic E-state index is 0.221. The van der Waals surface area contributed by atoms with Crippen LogP contribution in [0, 0.1) is 17.2 Å². The molecule has 3 rings (SSSR count). The first kappa shape index (κ1) is 26.2. The van der Waals surface area contributed by atoms with Gasteiger partial charge in [-0.1, -0.05) is 46.2 Å². The van der Waals surface area contributed by atoms with Gasteiger partial charge in [0.15, 0.2) is 5.69 Å². The molecule has 7 nitrogen and oxygen atoms in total. The molecule has 1 atom stereocenters. The maximum Gasteiger partial charge on any atom is 0.272 e. The number of fused-ring (bicyclic) bond motifs is 1. The first-order chi connectivity index (χ1) is 15.9. The Kier molecular flexibility index (Phi) is 8.03. The van der Waals surface area contributed by atoms with Crippen LogP contribution in [0.5, 0.6) is 0 Å². The minimum atomic E-state index is -0.754. The molecule has 0 fully saturated rings. The summed E-state index contributed by atoms with van der Waals surface area (Å²) in [7, 11) is 1.54. The molecule has 186 valence electrons. The van der Waals surface area contributed by atoms with Gasteiger partial charge in [0.1, 0.15) is 17.7 Å². The fraction of sp³-hybridized carbons (Fsp3) is 0.560. The van der Waals surface area contributed by atoms with E-state index in [-0.39, 0.29) is 11.6 Å².